The lowest BCUT2D eigenvalue weighted by Gasteiger charge is -2.18. The van der Waals surface area contributed by atoms with Gasteiger partial charge in [-0.05, 0) is 73.4 Å². The van der Waals surface area contributed by atoms with Crippen LogP contribution in [0.15, 0.2) is 60.8 Å². The first kappa shape index (κ1) is 29.2. The number of nitrogens with zero attached hydrogens (tertiary/aromatic N) is 2. The molecule has 1 aliphatic carbocycles. The Hall–Kier alpha value is -4.26. The summed E-state index contributed by atoms with van der Waals surface area (Å²) in [7, 11) is 0. The van der Waals surface area contributed by atoms with Gasteiger partial charge in [0.05, 0.1) is 23.1 Å². The number of carbonyl (C=O) groups excluding carboxylic acids is 2. The summed E-state index contributed by atoms with van der Waals surface area (Å²) in [6, 6.07) is 12.9. The monoisotopic (exact) mass is 610 g/mol. The van der Waals surface area contributed by atoms with Crippen molar-refractivity contribution in [1.29, 1.82) is 0 Å². The molecule has 0 aliphatic heterocycles. The highest BCUT2D eigenvalue weighted by molar-refractivity contribution is 6.32. The van der Waals surface area contributed by atoms with Gasteiger partial charge in [0.2, 0.25) is 5.91 Å². The first-order chi connectivity index (χ1) is 19.7. The Morgan fingerprint density at radius 3 is 2.43 bits per heavy atom. The van der Waals surface area contributed by atoms with Gasteiger partial charge in [0.15, 0.2) is 0 Å². The number of aromatic nitrogens is 2. The maximum atomic E-state index is 13.2. The number of nitrogens with one attached hydrogen (secondary N) is 2. The second-order valence-corrected chi connectivity index (χ2v) is 10.3. The summed E-state index contributed by atoms with van der Waals surface area (Å²) in [5, 5.41) is 10.1. The number of aryl methyl sites for hydroxylation is 1. The zero-order valence-corrected chi connectivity index (χ0v) is 22.4. The van der Waals surface area contributed by atoms with Crippen molar-refractivity contribution in [3.8, 4) is 11.4 Å². The van der Waals surface area contributed by atoms with E-state index in [1.807, 2.05) is 0 Å². The number of amides is 2. The lowest BCUT2D eigenvalue weighted by atomic mass is 10.1. The number of ether oxygens (including phenoxy) is 1. The average molecular weight is 611 g/mol. The standard InChI is InChI=1S/C28H21ClF6N4O3/c1-15-9-19(42-28(33,34)35)5-6-22(15)39-23-12-18(29)11-21(20(23)14-37-39)38-24(40)17-4-2-3-16(10-17)13-36-25(41)26(7-8-26)27(30,31)32/h2-6,9-12,14H,7-8,13H2,1H3,(H,36,41)(H,38,40). The first-order valence-electron chi connectivity index (χ1n) is 12.5. The minimum absolute atomic E-state index is 0.176. The van der Waals surface area contributed by atoms with Crippen LogP contribution in [0.1, 0.15) is 34.3 Å². The van der Waals surface area contributed by atoms with Gasteiger partial charge in [0, 0.05) is 22.5 Å². The third-order valence-electron chi connectivity index (χ3n) is 6.90. The average Bonchev–Trinajstić information content (AvgIpc) is 3.62. The molecule has 0 radical (unpaired) electrons. The number of anilines is 1. The van der Waals surface area contributed by atoms with Crippen LogP contribution in [0.3, 0.4) is 0 Å². The summed E-state index contributed by atoms with van der Waals surface area (Å²) in [6.45, 7) is 1.39. The molecule has 1 aliphatic rings. The zero-order valence-electron chi connectivity index (χ0n) is 21.7. The fourth-order valence-electron chi connectivity index (χ4n) is 4.58. The molecule has 14 heteroatoms. The van der Waals surface area contributed by atoms with E-state index in [1.54, 1.807) is 19.1 Å². The fourth-order valence-corrected chi connectivity index (χ4v) is 4.80. The number of hydrogen-bond donors (Lipinski definition) is 2. The van der Waals surface area contributed by atoms with E-state index in [0.29, 0.717) is 33.4 Å². The van der Waals surface area contributed by atoms with Crippen molar-refractivity contribution < 1.29 is 40.7 Å². The molecule has 2 amide bonds. The molecule has 220 valence electrons. The number of hydrogen-bond acceptors (Lipinski definition) is 4. The molecule has 1 aromatic heterocycles. The van der Waals surface area contributed by atoms with Gasteiger partial charge >= 0.3 is 12.5 Å². The van der Waals surface area contributed by atoms with Crippen LogP contribution < -0.4 is 15.4 Å². The van der Waals surface area contributed by atoms with Crippen LogP contribution in [0.5, 0.6) is 5.75 Å². The third kappa shape index (κ3) is 5.87. The van der Waals surface area contributed by atoms with Crippen LogP contribution >= 0.6 is 11.6 Å². The molecule has 0 unspecified atom stereocenters. The Morgan fingerprint density at radius 2 is 1.79 bits per heavy atom. The predicted molar refractivity (Wildman–Crippen MR) is 141 cm³/mol. The van der Waals surface area contributed by atoms with Crippen LogP contribution in [0.4, 0.5) is 32.0 Å². The molecule has 42 heavy (non-hydrogen) atoms. The molecule has 0 saturated heterocycles. The minimum atomic E-state index is -4.84. The largest absolute Gasteiger partial charge is 0.573 e. The van der Waals surface area contributed by atoms with Crippen LogP contribution in [0.25, 0.3) is 16.6 Å². The van der Waals surface area contributed by atoms with Gasteiger partial charge in [-0.15, -0.1) is 13.2 Å². The molecule has 0 bridgehead atoms. The van der Waals surface area contributed by atoms with E-state index in [0.717, 1.165) is 6.07 Å². The van der Waals surface area contributed by atoms with E-state index >= 15 is 0 Å². The van der Waals surface area contributed by atoms with Crippen molar-refractivity contribution in [3.63, 3.8) is 0 Å². The number of carbonyl (C=O) groups is 2. The van der Waals surface area contributed by atoms with Crippen LogP contribution in [0.2, 0.25) is 5.02 Å². The highest BCUT2D eigenvalue weighted by Gasteiger charge is 2.68. The molecule has 0 spiro atoms. The van der Waals surface area contributed by atoms with Gasteiger partial charge in [0.25, 0.3) is 5.91 Å². The van der Waals surface area contributed by atoms with Crippen molar-refractivity contribution >= 4 is 40.0 Å². The number of fused-ring (bicyclic) bond motifs is 1. The smallest absolute Gasteiger partial charge is 0.406 e. The highest BCUT2D eigenvalue weighted by Crippen LogP contribution is 2.57. The molecule has 7 nitrogen and oxygen atoms in total. The quantitative estimate of drug-likeness (QED) is 0.219. The molecule has 2 N–H and O–H groups in total. The van der Waals surface area contributed by atoms with Crippen LogP contribution in [-0.4, -0.2) is 34.1 Å². The predicted octanol–water partition coefficient (Wildman–Crippen LogP) is 7.10. The number of benzene rings is 3. The maximum Gasteiger partial charge on any atom is 0.573 e. The lowest BCUT2D eigenvalue weighted by Crippen LogP contribution is -2.40. The van der Waals surface area contributed by atoms with Crippen molar-refractivity contribution in [2.75, 3.05) is 5.32 Å². The van der Waals surface area contributed by atoms with E-state index in [2.05, 4.69) is 20.5 Å². The highest BCUT2D eigenvalue weighted by atomic mass is 35.5. The number of halogens is 7. The summed E-state index contributed by atoms with van der Waals surface area (Å²) >= 11 is 6.32. The summed E-state index contributed by atoms with van der Waals surface area (Å²) in [4.78, 5) is 25.3. The van der Waals surface area contributed by atoms with E-state index in [4.69, 9.17) is 11.6 Å². The topological polar surface area (TPSA) is 85.2 Å². The van der Waals surface area contributed by atoms with E-state index in [1.165, 1.54) is 47.3 Å². The molecule has 1 heterocycles. The third-order valence-corrected chi connectivity index (χ3v) is 7.12. The summed E-state index contributed by atoms with van der Waals surface area (Å²) in [6.07, 6.45) is -8.52. The second-order valence-electron chi connectivity index (χ2n) is 9.86. The number of alkyl halides is 6. The Balaban J connectivity index is 1.35. The summed E-state index contributed by atoms with van der Waals surface area (Å²) in [5.74, 6) is -2.04. The Kier molecular flexibility index (Phi) is 7.34. The Morgan fingerprint density at radius 1 is 1.05 bits per heavy atom. The molecular formula is C28H21ClF6N4O3. The number of rotatable bonds is 7. The van der Waals surface area contributed by atoms with Crippen molar-refractivity contribution in [2.24, 2.45) is 5.41 Å². The zero-order chi connectivity index (χ0) is 30.4. The molecule has 5 rings (SSSR count). The second kappa shape index (κ2) is 10.5. The van der Waals surface area contributed by atoms with Gasteiger partial charge in [0.1, 0.15) is 11.2 Å². The van der Waals surface area contributed by atoms with Crippen LogP contribution in [0, 0.1) is 12.3 Å². The summed E-state index contributed by atoms with van der Waals surface area (Å²) in [5.41, 5.74) is -0.112. The fraction of sp³-hybridized carbons (Fsp3) is 0.250. The van der Waals surface area contributed by atoms with Gasteiger partial charge in [-0.25, -0.2) is 4.68 Å². The van der Waals surface area contributed by atoms with Crippen molar-refractivity contribution in [1.82, 2.24) is 15.1 Å². The van der Waals surface area contributed by atoms with Crippen molar-refractivity contribution in [3.05, 3.63) is 82.5 Å². The molecule has 1 saturated carbocycles. The maximum absolute atomic E-state index is 13.2. The van der Waals surface area contributed by atoms with E-state index < -0.39 is 29.8 Å². The SMILES string of the molecule is Cc1cc(OC(F)(F)F)ccc1-n1ncc2c(NC(=O)c3cccc(CNC(=O)C4(C(F)(F)F)CC4)c3)cc(Cl)cc21. The molecule has 4 aromatic rings. The molecule has 1 fully saturated rings. The van der Waals surface area contributed by atoms with Crippen molar-refractivity contribution in [2.45, 2.75) is 38.8 Å². The summed E-state index contributed by atoms with van der Waals surface area (Å²) < 4.78 is 82.9. The lowest BCUT2D eigenvalue weighted by molar-refractivity contribution is -0.274. The minimum Gasteiger partial charge on any atom is -0.406 e. The van der Waals surface area contributed by atoms with E-state index in [-0.39, 0.29) is 35.7 Å². The Labute approximate surface area is 239 Å². The van der Waals surface area contributed by atoms with Gasteiger partial charge in [-0.3, -0.25) is 9.59 Å². The molecule has 0 atom stereocenters. The van der Waals surface area contributed by atoms with Gasteiger partial charge < -0.3 is 15.4 Å². The van der Waals surface area contributed by atoms with E-state index in [9.17, 15) is 35.9 Å². The van der Waals surface area contributed by atoms with Crippen LogP contribution in [-0.2, 0) is 11.3 Å². The molecule has 3 aromatic carbocycles. The van der Waals surface area contributed by atoms with Gasteiger partial charge in [-0.1, -0.05) is 23.7 Å². The normalized spacial score (nSPS) is 14.5. The molecular weight excluding hydrogens is 590 g/mol. The van der Waals surface area contributed by atoms with Gasteiger partial charge in [-0.2, -0.15) is 18.3 Å². The first-order valence-corrected chi connectivity index (χ1v) is 12.8. The Bertz CT molecular complexity index is 1700.